The van der Waals surface area contributed by atoms with Crippen LogP contribution in [0.2, 0.25) is 5.02 Å². The molecule has 186 valence electrons. The molecule has 0 saturated heterocycles. The Kier molecular flexibility index (Phi) is 8.73. The van der Waals surface area contributed by atoms with Gasteiger partial charge in [-0.2, -0.15) is 0 Å². The molecule has 1 heterocycles. The number of carbonyl (C=O) groups excluding carboxylic acids is 3. The first-order chi connectivity index (χ1) is 16.6. The fourth-order valence-electron chi connectivity index (χ4n) is 3.98. The van der Waals surface area contributed by atoms with Crippen molar-refractivity contribution in [2.75, 3.05) is 6.54 Å². The molecular formula is C28H33ClN2O4. The third-order valence-corrected chi connectivity index (χ3v) is 5.82. The van der Waals surface area contributed by atoms with Gasteiger partial charge in [0, 0.05) is 34.0 Å². The van der Waals surface area contributed by atoms with Gasteiger partial charge in [-0.3, -0.25) is 14.4 Å². The van der Waals surface area contributed by atoms with Gasteiger partial charge in [-0.15, -0.1) is 0 Å². The summed E-state index contributed by atoms with van der Waals surface area (Å²) in [5, 5.41) is 4.29. The number of aromatic nitrogens is 1. The van der Waals surface area contributed by atoms with Crippen LogP contribution in [0.25, 0.3) is 10.9 Å². The number of halogens is 1. The largest absolute Gasteiger partial charge is 0.460 e. The number of H-pyrrole nitrogens is 1. The van der Waals surface area contributed by atoms with Crippen LogP contribution in [0, 0.1) is 5.92 Å². The van der Waals surface area contributed by atoms with E-state index in [2.05, 4.69) is 17.2 Å². The molecule has 0 fully saturated rings. The van der Waals surface area contributed by atoms with Gasteiger partial charge in [0.05, 0.1) is 12.1 Å². The van der Waals surface area contributed by atoms with E-state index in [1.807, 2.05) is 30.3 Å². The number of carbonyl (C=O) groups is 3. The summed E-state index contributed by atoms with van der Waals surface area (Å²) in [6, 6.07) is 14.6. The number of rotatable bonds is 10. The number of aromatic amines is 1. The molecule has 1 atom stereocenters. The number of amides is 1. The normalized spacial score (nSPS) is 12.4. The lowest BCUT2D eigenvalue weighted by molar-refractivity contribution is -0.154. The number of esters is 1. The number of benzene rings is 2. The van der Waals surface area contributed by atoms with Crippen LogP contribution in [-0.4, -0.2) is 34.8 Å². The highest BCUT2D eigenvalue weighted by molar-refractivity contribution is 6.31. The molecule has 0 aliphatic rings. The van der Waals surface area contributed by atoms with E-state index in [0.717, 1.165) is 29.3 Å². The first-order valence-electron chi connectivity index (χ1n) is 12.0. The van der Waals surface area contributed by atoms with Crippen molar-refractivity contribution >= 4 is 40.2 Å². The van der Waals surface area contributed by atoms with Crippen LogP contribution < -0.4 is 5.32 Å². The number of fused-ring (bicyclic) bond motifs is 1. The second-order valence-electron chi connectivity index (χ2n) is 9.76. The van der Waals surface area contributed by atoms with Crippen LogP contribution >= 0.6 is 11.6 Å². The maximum atomic E-state index is 13.3. The van der Waals surface area contributed by atoms with Crippen molar-refractivity contribution in [1.29, 1.82) is 0 Å². The predicted octanol–water partition coefficient (Wildman–Crippen LogP) is 6.12. The number of ether oxygens (including phenoxy) is 1. The molecule has 0 aliphatic carbocycles. The lowest BCUT2D eigenvalue weighted by atomic mass is 9.89. The molecule has 0 unspecified atom stereocenters. The molecule has 1 aromatic heterocycles. The maximum absolute atomic E-state index is 13.3. The van der Waals surface area contributed by atoms with Crippen LogP contribution in [0.4, 0.5) is 0 Å². The van der Waals surface area contributed by atoms with Crippen molar-refractivity contribution in [2.45, 2.75) is 59.0 Å². The Bertz CT molecular complexity index is 1190. The third kappa shape index (κ3) is 7.69. The lowest BCUT2D eigenvalue weighted by Crippen LogP contribution is -2.29. The van der Waals surface area contributed by atoms with E-state index >= 15 is 0 Å². The predicted molar refractivity (Wildman–Crippen MR) is 139 cm³/mol. The molecule has 2 N–H and O–H groups in total. The zero-order valence-electron chi connectivity index (χ0n) is 20.7. The van der Waals surface area contributed by atoms with Crippen LogP contribution in [0.1, 0.15) is 73.4 Å². The summed E-state index contributed by atoms with van der Waals surface area (Å²) in [7, 11) is 0. The third-order valence-electron chi connectivity index (χ3n) is 5.59. The fourth-order valence-corrected chi connectivity index (χ4v) is 4.16. The second-order valence-corrected chi connectivity index (χ2v) is 10.2. The monoisotopic (exact) mass is 496 g/mol. The molecule has 6 nitrogen and oxygen atoms in total. The smallest absolute Gasteiger partial charge is 0.308 e. The van der Waals surface area contributed by atoms with Crippen molar-refractivity contribution in [3.05, 3.63) is 70.4 Å². The van der Waals surface area contributed by atoms with Crippen molar-refractivity contribution in [3.63, 3.8) is 0 Å². The zero-order valence-corrected chi connectivity index (χ0v) is 21.5. The highest BCUT2D eigenvalue weighted by atomic mass is 35.5. The summed E-state index contributed by atoms with van der Waals surface area (Å²) in [5.74, 6) is -0.698. The Hall–Kier alpha value is -3.12. The standard InChI is InChI=1S/C28H33ClN2O4/c1-5-6-20(26(33)24-17-21-16-22(29)11-12-23(21)31-24)15-18-7-9-19(10-8-18)27(34)30-14-13-25(32)35-28(2,3)4/h7-12,16-17,20,31H,5-6,13-15H2,1-4H3,(H,30,34)/t20-/m0/s1. The summed E-state index contributed by atoms with van der Waals surface area (Å²) in [6.45, 7) is 7.69. The summed E-state index contributed by atoms with van der Waals surface area (Å²) < 4.78 is 5.25. The van der Waals surface area contributed by atoms with E-state index in [0.29, 0.717) is 22.7 Å². The quantitative estimate of drug-likeness (QED) is 0.261. The van der Waals surface area contributed by atoms with Gasteiger partial charge in [0.1, 0.15) is 5.60 Å². The number of hydrogen-bond donors (Lipinski definition) is 2. The molecule has 3 aromatic rings. The van der Waals surface area contributed by atoms with E-state index in [1.165, 1.54) is 0 Å². The molecule has 0 bridgehead atoms. The van der Waals surface area contributed by atoms with Crippen molar-refractivity contribution in [2.24, 2.45) is 5.92 Å². The molecule has 0 radical (unpaired) electrons. The van der Waals surface area contributed by atoms with Gasteiger partial charge in [0.25, 0.3) is 5.91 Å². The van der Waals surface area contributed by atoms with Crippen LogP contribution in [-0.2, 0) is 16.0 Å². The minimum atomic E-state index is -0.546. The van der Waals surface area contributed by atoms with Crippen LogP contribution in [0.5, 0.6) is 0 Å². The van der Waals surface area contributed by atoms with Gasteiger partial charge >= 0.3 is 5.97 Å². The van der Waals surface area contributed by atoms with Crippen molar-refractivity contribution in [3.8, 4) is 0 Å². The summed E-state index contributed by atoms with van der Waals surface area (Å²) in [6.07, 6.45) is 2.35. The molecular weight excluding hydrogens is 464 g/mol. The molecule has 3 rings (SSSR count). The molecule has 0 saturated carbocycles. The highest BCUT2D eigenvalue weighted by Gasteiger charge is 2.22. The van der Waals surface area contributed by atoms with Crippen molar-refractivity contribution < 1.29 is 19.1 Å². The van der Waals surface area contributed by atoms with E-state index < -0.39 is 5.60 Å². The minimum absolute atomic E-state index is 0.0723. The number of Topliss-reactive ketones (excluding diaryl/α,β-unsaturated/α-hetero) is 1. The second kappa shape index (κ2) is 11.5. The first-order valence-corrected chi connectivity index (χ1v) is 12.3. The zero-order chi connectivity index (χ0) is 25.6. The summed E-state index contributed by atoms with van der Waals surface area (Å²) in [4.78, 5) is 40.7. The van der Waals surface area contributed by atoms with Gasteiger partial charge in [-0.05, 0) is 75.6 Å². The van der Waals surface area contributed by atoms with Crippen LogP contribution in [0.3, 0.4) is 0 Å². The summed E-state index contributed by atoms with van der Waals surface area (Å²) >= 11 is 6.08. The molecule has 0 spiro atoms. The lowest BCUT2D eigenvalue weighted by Gasteiger charge is -2.19. The first kappa shape index (κ1) is 26.5. The SMILES string of the molecule is CCC[C@@H](Cc1ccc(C(=O)NCCC(=O)OC(C)(C)C)cc1)C(=O)c1cc2cc(Cl)ccc2[nH]1. The van der Waals surface area contributed by atoms with Gasteiger partial charge < -0.3 is 15.0 Å². The minimum Gasteiger partial charge on any atom is -0.460 e. The summed E-state index contributed by atoms with van der Waals surface area (Å²) in [5.41, 5.74) is 2.41. The van der Waals surface area contributed by atoms with E-state index in [-0.39, 0.29) is 36.5 Å². The Balaban J connectivity index is 1.60. The number of nitrogens with one attached hydrogen (secondary N) is 2. The van der Waals surface area contributed by atoms with E-state index in [4.69, 9.17) is 16.3 Å². The fraction of sp³-hybridized carbons (Fsp3) is 0.393. The molecule has 35 heavy (non-hydrogen) atoms. The Morgan fingerprint density at radius 3 is 2.43 bits per heavy atom. The topological polar surface area (TPSA) is 88.3 Å². The van der Waals surface area contributed by atoms with E-state index in [1.54, 1.807) is 39.0 Å². The number of hydrogen-bond acceptors (Lipinski definition) is 4. The maximum Gasteiger partial charge on any atom is 0.308 e. The highest BCUT2D eigenvalue weighted by Crippen LogP contribution is 2.24. The molecule has 1 amide bonds. The Morgan fingerprint density at radius 2 is 1.77 bits per heavy atom. The van der Waals surface area contributed by atoms with Gasteiger partial charge in [-0.1, -0.05) is 37.1 Å². The van der Waals surface area contributed by atoms with Gasteiger partial charge in [0.15, 0.2) is 5.78 Å². The van der Waals surface area contributed by atoms with Gasteiger partial charge in [-0.25, -0.2) is 0 Å². The average Bonchev–Trinajstić information content (AvgIpc) is 3.20. The van der Waals surface area contributed by atoms with E-state index in [9.17, 15) is 14.4 Å². The molecule has 7 heteroatoms. The number of ketones is 1. The van der Waals surface area contributed by atoms with Crippen molar-refractivity contribution in [1.82, 2.24) is 10.3 Å². The van der Waals surface area contributed by atoms with Gasteiger partial charge in [0.2, 0.25) is 0 Å². The Morgan fingerprint density at radius 1 is 1.06 bits per heavy atom. The molecule has 0 aliphatic heterocycles. The Labute approximate surface area is 211 Å². The van der Waals surface area contributed by atoms with Crippen LogP contribution in [0.15, 0.2) is 48.5 Å². The average molecular weight is 497 g/mol. The molecule has 2 aromatic carbocycles.